The smallest absolute Gasteiger partial charge is 0.349 e. The Bertz CT molecular complexity index is 1090. The van der Waals surface area contributed by atoms with Gasteiger partial charge in [0, 0.05) is 22.8 Å². The summed E-state index contributed by atoms with van der Waals surface area (Å²) in [5, 5.41) is 5.71. The van der Waals surface area contributed by atoms with Crippen LogP contribution in [0, 0.1) is 0 Å². The van der Waals surface area contributed by atoms with E-state index >= 15 is 0 Å². The lowest BCUT2D eigenvalue weighted by molar-refractivity contribution is -0.137. The Kier molecular flexibility index (Phi) is 5.27. The van der Waals surface area contributed by atoms with Gasteiger partial charge in [0.15, 0.2) is 0 Å². The summed E-state index contributed by atoms with van der Waals surface area (Å²) < 4.78 is 39.1. The molecular weight excluding hydrogens is 418 g/mol. The molecule has 3 aromatic rings. The van der Waals surface area contributed by atoms with Gasteiger partial charge in [0.25, 0.3) is 5.91 Å². The van der Waals surface area contributed by atoms with Gasteiger partial charge in [-0.2, -0.15) is 13.2 Å². The molecule has 10 heteroatoms. The third-order valence-corrected chi connectivity index (χ3v) is 4.46. The average molecular weight is 430 g/mol. The van der Waals surface area contributed by atoms with E-state index in [0.29, 0.717) is 15.9 Å². The van der Waals surface area contributed by atoms with Gasteiger partial charge in [-0.25, -0.2) is 0 Å². The first kappa shape index (κ1) is 20.0. The number of carbonyl (C=O) groups excluding carboxylic acids is 2. The molecular formula is C18H12Cl2F3N3O2. The lowest BCUT2D eigenvalue weighted by Gasteiger charge is -2.14. The molecule has 3 N–H and O–H groups in total. The molecule has 0 saturated heterocycles. The van der Waals surface area contributed by atoms with Crippen molar-refractivity contribution in [2.24, 2.45) is 0 Å². The van der Waals surface area contributed by atoms with Gasteiger partial charge in [-0.15, -0.1) is 0 Å². The van der Waals surface area contributed by atoms with Crippen LogP contribution in [0.15, 0.2) is 36.4 Å². The number of H-pyrrole nitrogens is 1. The summed E-state index contributed by atoms with van der Waals surface area (Å²) >= 11 is 12.1. The molecule has 3 rings (SSSR count). The number of benzene rings is 2. The number of amides is 2. The van der Waals surface area contributed by atoms with Crippen molar-refractivity contribution in [1.82, 2.24) is 4.98 Å². The largest absolute Gasteiger partial charge is 0.416 e. The summed E-state index contributed by atoms with van der Waals surface area (Å²) in [4.78, 5) is 26.8. The van der Waals surface area contributed by atoms with Crippen molar-refractivity contribution in [3.05, 3.63) is 57.7 Å². The Morgan fingerprint density at radius 3 is 2.36 bits per heavy atom. The van der Waals surface area contributed by atoms with Crippen LogP contribution in [-0.4, -0.2) is 16.8 Å². The summed E-state index contributed by atoms with van der Waals surface area (Å²) in [6.07, 6.45) is -4.62. The highest BCUT2D eigenvalue weighted by atomic mass is 35.5. The van der Waals surface area contributed by atoms with Crippen molar-refractivity contribution in [3.8, 4) is 0 Å². The molecule has 0 bridgehead atoms. The molecule has 5 nitrogen and oxygen atoms in total. The van der Waals surface area contributed by atoms with Gasteiger partial charge >= 0.3 is 6.18 Å². The number of hydrogen-bond acceptors (Lipinski definition) is 2. The topological polar surface area (TPSA) is 74.0 Å². The molecule has 0 radical (unpaired) electrons. The molecule has 0 fully saturated rings. The minimum Gasteiger partial charge on any atom is -0.349 e. The number of aromatic amines is 1. The van der Waals surface area contributed by atoms with Crippen LogP contribution in [-0.2, 0) is 11.0 Å². The van der Waals surface area contributed by atoms with Crippen LogP contribution < -0.4 is 10.6 Å². The van der Waals surface area contributed by atoms with E-state index in [1.807, 2.05) is 0 Å². The molecule has 1 aromatic heterocycles. The molecule has 0 aliphatic heterocycles. The molecule has 0 aliphatic rings. The molecule has 28 heavy (non-hydrogen) atoms. The van der Waals surface area contributed by atoms with E-state index in [2.05, 4.69) is 15.6 Å². The second-order valence-corrected chi connectivity index (χ2v) is 6.71. The minimum absolute atomic E-state index is 0.0177. The molecule has 0 aliphatic carbocycles. The maximum Gasteiger partial charge on any atom is 0.416 e. The first-order valence-electron chi connectivity index (χ1n) is 7.83. The molecule has 146 valence electrons. The number of carbonyl (C=O) groups is 2. The van der Waals surface area contributed by atoms with Gasteiger partial charge in [-0.3, -0.25) is 9.59 Å². The molecule has 2 aromatic carbocycles. The van der Waals surface area contributed by atoms with Gasteiger partial charge in [-0.1, -0.05) is 23.2 Å². The molecule has 1 heterocycles. The maximum absolute atomic E-state index is 13.0. The van der Waals surface area contributed by atoms with E-state index < -0.39 is 23.6 Å². The van der Waals surface area contributed by atoms with E-state index in [1.165, 1.54) is 6.92 Å². The summed E-state index contributed by atoms with van der Waals surface area (Å²) in [5.74, 6) is -1.28. The van der Waals surface area contributed by atoms with E-state index in [4.69, 9.17) is 23.2 Å². The zero-order valence-corrected chi connectivity index (χ0v) is 15.7. The quantitative estimate of drug-likeness (QED) is 0.499. The number of anilines is 2. The number of hydrogen-bond donors (Lipinski definition) is 3. The number of halogens is 5. The minimum atomic E-state index is -4.62. The predicted molar refractivity (Wildman–Crippen MR) is 102 cm³/mol. The molecule has 0 atom stereocenters. The fraction of sp³-hybridized carbons (Fsp3) is 0.111. The first-order valence-corrected chi connectivity index (χ1v) is 8.59. The van der Waals surface area contributed by atoms with Crippen LogP contribution in [0.4, 0.5) is 24.5 Å². The zero-order valence-electron chi connectivity index (χ0n) is 14.2. The Labute approximate surface area is 166 Å². The van der Waals surface area contributed by atoms with Gasteiger partial charge in [0.1, 0.15) is 5.69 Å². The van der Waals surface area contributed by atoms with Crippen molar-refractivity contribution in [1.29, 1.82) is 0 Å². The van der Waals surface area contributed by atoms with Crippen molar-refractivity contribution >= 4 is 57.3 Å². The van der Waals surface area contributed by atoms with E-state index in [-0.39, 0.29) is 22.1 Å². The summed E-state index contributed by atoms with van der Waals surface area (Å²) in [6, 6.07) is 7.37. The predicted octanol–water partition coefficient (Wildman–Crippen LogP) is 5.70. The van der Waals surface area contributed by atoms with Crippen molar-refractivity contribution in [2.75, 3.05) is 10.6 Å². The van der Waals surface area contributed by atoms with Gasteiger partial charge in [0.05, 0.1) is 22.0 Å². The number of nitrogens with one attached hydrogen (secondary N) is 3. The van der Waals surface area contributed by atoms with E-state index in [1.54, 1.807) is 18.2 Å². The molecule has 0 spiro atoms. The first-order chi connectivity index (χ1) is 13.1. The summed E-state index contributed by atoms with van der Waals surface area (Å²) in [5.41, 5.74) is -0.700. The maximum atomic E-state index is 13.0. The Balaban J connectivity index is 2.01. The Hall–Kier alpha value is -2.71. The van der Waals surface area contributed by atoms with Crippen LogP contribution in [0.5, 0.6) is 0 Å². The lowest BCUT2D eigenvalue weighted by atomic mass is 10.1. The fourth-order valence-electron chi connectivity index (χ4n) is 2.60. The standard InChI is InChI=1S/C18H12Cl2F3N3O2/c1-8(27)24-13-4-2-9(18(21,22)23)6-14(13)26-17(28)16-15(20)11-7-10(19)3-5-12(11)25-16/h2-7,25H,1H3,(H,24,27)(H,26,28). The monoisotopic (exact) mass is 429 g/mol. The van der Waals surface area contributed by atoms with Crippen LogP contribution in [0.25, 0.3) is 10.9 Å². The van der Waals surface area contributed by atoms with Crippen LogP contribution in [0.3, 0.4) is 0 Å². The number of aromatic nitrogens is 1. The number of fused-ring (bicyclic) bond motifs is 1. The highest BCUT2D eigenvalue weighted by Crippen LogP contribution is 2.35. The van der Waals surface area contributed by atoms with Gasteiger partial charge < -0.3 is 15.6 Å². The zero-order chi connectivity index (χ0) is 20.6. The van der Waals surface area contributed by atoms with Crippen LogP contribution in [0.2, 0.25) is 10.0 Å². The van der Waals surface area contributed by atoms with Crippen LogP contribution in [0.1, 0.15) is 23.0 Å². The molecule has 0 saturated carbocycles. The summed E-state index contributed by atoms with van der Waals surface area (Å²) in [7, 11) is 0. The van der Waals surface area contributed by atoms with E-state index in [9.17, 15) is 22.8 Å². The second-order valence-electron chi connectivity index (χ2n) is 5.90. The van der Waals surface area contributed by atoms with Gasteiger partial charge in [0.2, 0.25) is 5.91 Å². The van der Waals surface area contributed by atoms with Crippen molar-refractivity contribution in [2.45, 2.75) is 13.1 Å². The lowest BCUT2D eigenvalue weighted by Crippen LogP contribution is -2.17. The Morgan fingerprint density at radius 2 is 1.71 bits per heavy atom. The van der Waals surface area contributed by atoms with Crippen molar-refractivity contribution in [3.63, 3.8) is 0 Å². The third-order valence-electron chi connectivity index (χ3n) is 3.83. The Morgan fingerprint density at radius 1 is 1.00 bits per heavy atom. The average Bonchev–Trinajstić information content (AvgIpc) is 2.91. The van der Waals surface area contributed by atoms with Gasteiger partial charge in [-0.05, 0) is 36.4 Å². The molecule has 2 amide bonds. The normalized spacial score (nSPS) is 11.5. The van der Waals surface area contributed by atoms with E-state index in [0.717, 1.165) is 18.2 Å². The SMILES string of the molecule is CC(=O)Nc1ccc(C(F)(F)F)cc1NC(=O)c1[nH]c2ccc(Cl)cc2c1Cl. The highest BCUT2D eigenvalue weighted by Gasteiger charge is 2.31. The fourth-order valence-corrected chi connectivity index (χ4v) is 3.06. The third kappa shape index (κ3) is 4.07. The molecule has 0 unspecified atom stereocenters. The van der Waals surface area contributed by atoms with Crippen molar-refractivity contribution < 1.29 is 22.8 Å². The number of alkyl halides is 3. The van der Waals surface area contributed by atoms with Crippen LogP contribution >= 0.6 is 23.2 Å². The second kappa shape index (κ2) is 7.37. The highest BCUT2D eigenvalue weighted by molar-refractivity contribution is 6.40. The summed E-state index contributed by atoms with van der Waals surface area (Å²) in [6.45, 7) is 1.20. The number of rotatable bonds is 3.